The SMILES string of the molecule is CC=CCc1ccccc1S(=O)(=O)O.[Ca+2].[H-].[H-]. The van der Waals surface area contributed by atoms with E-state index >= 15 is 0 Å². The zero-order chi connectivity index (χ0) is 10.6. The quantitative estimate of drug-likeness (QED) is 0.509. The van der Waals surface area contributed by atoms with Gasteiger partial charge in [-0.05, 0) is 25.0 Å². The van der Waals surface area contributed by atoms with Crippen molar-refractivity contribution in [2.75, 3.05) is 0 Å². The van der Waals surface area contributed by atoms with Crippen LogP contribution in [0.4, 0.5) is 0 Å². The average molecular weight is 254 g/mol. The smallest absolute Gasteiger partial charge is 1.00 e. The van der Waals surface area contributed by atoms with Crippen LogP contribution >= 0.6 is 0 Å². The van der Waals surface area contributed by atoms with Crippen LogP contribution in [0.1, 0.15) is 15.3 Å². The molecule has 0 fully saturated rings. The van der Waals surface area contributed by atoms with Crippen molar-refractivity contribution in [3.63, 3.8) is 0 Å². The Morgan fingerprint density at radius 3 is 2.53 bits per heavy atom. The molecule has 80 valence electrons. The molecule has 1 aromatic carbocycles. The Bertz CT molecular complexity index is 447. The molecule has 0 heterocycles. The number of benzene rings is 1. The van der Waals surface area contributed by atoms with E-state index < -0.39 is 10.1 Å². The summed E-state index contributed by atoms with van der Waals surface area (Å²) in [6.07, 6.45) is 4.18. The molecule has 0 radical (unpaired) electrons. The van der Waals surface area contributed by atoms with Crippen LogP contribution in [0.2, 0.25) is 0 Å². The molecule has 0 unspecified atom stereocenters. The normalized spacial score (nSPS) is 11.3. The minimum Gasteiger partial charge on any atom is -1.00 e. The van der Waals surface area contributed by atoms with Crippen molar-refractivity contribution in [3.8, 4) is 0 Å². The monoisotopic (exact) mass is 254 g/mol. The van der Waals surface area contributed by atoms with Crippen molar-refractivity contribution < 1.29 is 15.8 Å². The van der Waals surface area contributed by atoms with Crippen molar-refractivity contribution in [2.45, 2.75) is 18.2 Å². The summed E-state index contributed by atoms with van der Waals surface area (Å²) in [7, 11) is -4.10. The Labute approximate surface area is 123 Å². The van der Waals surface area contributed by atoms with E-state index in [1.54, 1.807) is 18.2 Å². The minimum atomic E-state index is -4.10. The maximum atomic E-state index is 10.9. The van der Waals surface area contributed by atoms with Crippen LogP contribution < -0.4 is 0 Å². The average Bonchev–Trinajstić information content (AvgIpc) is 2.14. The van der Waals surface area contributed by atoms with E-state index in [0.29, 0.717) is 12.0 Å². The Balaban J connectivity index is -0.000000653. The first-order chi connectivity index (χ1) is 6.55. The molecule has 3 nitrogen and oxygen atoms in total. The van der Waals surface area contributed by atoms with Gasteiger partial charge in [0.25, 0.3) is 10.1 Å². The predicted octanol–water partition coefficient (Wildman–Crippen LogP) is 1.90. The Kier molecular flexibility index (Phi) is 6.71. The summed E-state index contributed by atoms with van der Waals surface area (Å²) >= 11 is 0. The molecule has 0 bridgehead atoms. The molecule has 0 saturated heterocycles. The van der Waals surface area contributed by atoms with Crippen LogP contribution in [0.3, 0.4) is 0 Å². The van der Waals surface area contributed by atoms with Gasteiger partial charge in [-0.2, -0.15) is 8.42 Å². The number of rotatable bonds is 3. The van der Waals surface area contributed by atoms with Gasteiger partial charge in [0.2, 0.25) is 0 Å². The van der Waals surface area contributed by atoms with Gasteiger partial charge in [-0.3, -0.25) is 4.55 Å². The first-order valence-electron chi connectivity index (χ1n) is 4.22. The zero-order valence-electron chi connectivity index (χ0n) is 10.6. The topological polar surface area (TPSA) is 54.4 Å². The van der Waals surface area contributed by atoms with E-state index in [2.05, 4.69) is 0 Å². The van der Waals surface area contributed by atoms with E-state index in [1.165, 1.54) is 6.07 Å². The van der Waals surface area contributed by atoms with Crippen molar-refractivity contribution in [1.29, 1.82) is 0 Å². The number of hydrogen-bond acceptors (Lipinski definition) is 2. The standard InChI is InChI=1S/C10H12O3S.Ca.2H/c1-2-3-6-9-7-4-5-8-10(9)14(11,12)13;;;/h2-5,7-8H,6H2,1H3,(H,11,12,13);;;/q;+2;2*-1. The Morgan fingerprint density at radius 1 is 1.40 bits per heavy atom. The van der Waals surface area contributed by atoms with Crippen molar-refractivity contribution in [3.05, 3.63) is 42.0 Å². The third kappa shape index (κ3) is 4.66. The molecule has 0 saturated carbocycles. The molecule has 15 heavy (non-hydrogen) atoms. The summed E-state index contributed by atoms with van der Waals surface area (Å²) in [4.78, 5) is -0.0156. The van der Waals surface area contributed by atoms with Gasteiger partial charge in [0, 0.05) is 0 Å². The Hall–Kier alpha value is 0.130. The first-order valence-corrected chi connectivity index (χ1v) is 5.66. The summed E-state index contributed by atoms with van der Waals surface area (Å²) in [6.45, 7) is 1.86. The molecule has 0 aliphatic heterocycles. The summed E-state index contributed by atoms with van der Waals surface area (Å²) in [6, 6.07) is 6.41. The second-order valence-electron chi connectivity index (χ2n) is 2.86. The van der Waals surface area contributed by atoms with E-state index in [1.807, 2.05) is 19.1 Å². The van der Waals surface area contributed by atoms with Gasteiger partial charge in [-0.25, -0.2) is 0 Å². The number of allylic oxidation sites excluding steroid dienone is 2. The van der Waals surface area contributed by atoms with Crippen molar-refractivity contribution in [2.24, 2.45) is 0 Å². The third-order valence-corrected chi connectivity index (χ3v) is 2.78. The van der Waals surface area contributed by atoms with Gasteiger partial charge in [-0.15, -0.1) is 0 Å². The Morgan fingerprint density at radius 2 is 2.00 bits per heavy atom. The van der Waals surface area contributed by atoms with Crippen molar-refractivity contribution >= 4 is 47.9 Å². The van der Waals surface area contributed by atoms with Gasteiger partial charge < -0.3 is 2.85 Å². The molecule has 0 aliphatic carbocycles. The largest absolute Gasteiger partial charge is 2.00 e. The fourth-order valence-corrected chi connectivity index (χ4v) is 1.90. The zero-order valence-corrected chi connectivity index (χ0v) is 11.6. The summed E-state index contributed by atoms with van der Waals surface area (Å²) in [5, 5.41) is 0. The van der Waals surface area contributed by atoms with Gasteiger partial charge in [0.1, 0.15) is 0 Å². The van der Waals surface area contributed by atoms with E-state index in [-0.39, 0.29) is 45.5 Å². The molecule has 0 atom stereocenters. The van der Waals surface area contributed by atoms with Crippen LogP contribution in [0.15, 0.2) is 41.3 Å². The molecule has 1 N–H and O–H groups in total. The fourth-order valence-electron chi connectivity index (χ4n) is 1.17. The molecule has 0 aliphatic rings. The molecule has 1 rings (SSSR count). The predicted molar refractivity (Wildman–Crippen MR) is 62.8 cm³/mol. The third-order valence-electron chi connectivity index (χ3n) is 1.82. The van der Waals surface area contributed by atoms with Crippen LogP contribution in [-0.2, 0) is 16.5 Å². The molecule has 1 aromatic rings. The number of hydrogen-bond donors (Lipinski definition) is 1. The second-order valence-corrected chi connectivity index (χ2v) is 4.25. The van der Waals surface area contributed by atoms with Crippen LogP contribution in [0.5, 0.6) is 0 Å². The van der Waals surface area contributed by atoms with Gasteiger partial charge >= 0.3 is 37.7 Å². The minimum absolute atomic E-state index is 0. The molecule has 0 aromatic heterocycles. The van der Waals surface area contributed by atoms with E-state index in [4.69, 9.17) is 4.55 Å². The van der Waals surface area contributed by atoms with Crippen LogP contribution in [-0.4, -0.2) is 50.7 Å². The van der Waals surface area contributed by atoms with Gasteiger partial charge in [-0.1, -0.05) is 30.4 Å². The summed E-state index contributed by atoms with van der Waals surface area (Å²) in [5.74, 6) is 0. The summed E-state index contributed by atoms with van der Waals surface area (Å²) < 4.78 is 30.8. The molecular weight excluding hydrogens is 240 g/mol. The van der Waals surface area contributed by atoms with Crippen LogP contribution in [0, 0.1) is 0 Å². The van der Waals surface area contributed by atoms with Gasteiger partial charge in [0.05, 0.1) is 4.90 Å². The van der Waals surface area contributed by atoms with Crippen LogP contribution in [0.25, 0.3) is 0 Å². The van der Waals surface area contributed by atoms with E-state index in [0.717, 1.165) is 0 Å². The maximum Gasteiger partial charge on any atom is 2.00 e. The van der Waals surface area contributed by atoms with Crippen molar-refractivity contribution in [1.82, 2.24) is 0 Å². The van der Waals surface area contributed by atoms with Gasteiger partial charge in [0.15, 0.2) is 0 Å². The molecular formula is C10H14CaO3S. The molecule has 5 heteroatoms. The second kappa shape index (κ2) is 6.66. The molecule has 0 spiro atoms. The summed E-state index contributed by atoms with van der Waals surface area (Å²) in [5.41, 5.74) is 0.605. The fraction of sp³-hybridized carbons (Fsp3) is 0.200. The molecule has 0 amide bonds. The maximum absolute atomic E-state index is 10.9. The first kappa shape index (κ1) is 15.1. The van der Waals surface area contributed by atoms with E-state index in [9.17, 15) is 8.42 Å².